The molecule has 0 unspecified atom stereocenters. The minimum Gasteiger partial charge on any atom is -0.469 e. The van der Waals surface area contributed by atoms with Crippen LogP contribution in [0.2, 0.25) is 0 Å². The van der Waals surface area contributed by atoms with Gasteiger partial charge in [-0.05, 0) is 56.2 Å². The Morgan fingerprint density at radius 2 is 1.88 bits per heavy atom. The van der Waals surface area contributed by atoms with Crippen LogP contribution in [0.3, 0.4) is 0 Å². The molecule has 1 aromatic carbocycles. The highest BCUT2D eigenvalue weighted by Gasteiger charge is 2.12. The lowest BCUT2D eigenvalue weighted by atomic mass is 10.1. The predicted octanol–water partition coefficient (Wildman–Crippen LogP) is 1.95. The lowest BCUT2D eigenvalue weighted by Crippen LogP contribution is -2.47. The highest BCUT2D eigenvalue weighted by Crippen LogP contribution is 2.15. The summed E-state index contributed by atoms with van der Waals surface area (Å²) in [5.41, 5.74) is 8.40. The number of carbonyl (C=O) groups is 2. The Kier molecular flexibility index (Phi) is 6.13. The van der Waals surface area contributed by atoms with Gasteiger partial charge in [-0.3, -0.25) is 20.4 Å². The van der Waals surface area contributed by atoms with Crippen molar-refractivity contribution in [1.29, 1.82) is 0 Å². The van der Waals surface area contributed by atoms with E-state index in [9.17, 15) is 9.59 Å². The molecule has 4 N–H and O–H groups in total. The minimum atomic E-state index is -0.431. The zero-order chi connectivity index (χ0) is 18.4. The SMILES string of the molecule is Cc1ccc(C)c(NC(=S)NNC(=O)CNC(=O)c2ccoc2C)c1. The van der Waals surface area contributed by atoms with E-state index in [0.29, 0.717) is 11.3 Å². The average Bonchev–Trinajstić information content (AvgIpc) is 3.00. The Balaban J connectivity index is 1.76. The summed E-state index contributed by atoms with van der Waals surface area (Å²) in [4.78, 5) is 23.7. The Morgan fingerprint density at radius 3 is 2.56 bits per heavy atom. The maximum absolute atomic E-state index is 11.9. The van der Waals surface area contributed by atoms with E-state index in [1.807, 2.05) is 32.0 Å². The first-order valence-corrected chi connectivity index (χ1v) is 8.03. The van der Waals surface area contributed by atoms with Crippen molar-refractivity contribution in [3.05, 3.63) is 53.0 Å². The molecule has 0 bridgehead atoms. The Bertz CT molecular complexity index is 801. The number of hydrazine groups is 1. The summed E-state index contributed by atoms with van der Waals surface area (Å²) in [7, 11) is 0. The zero-order valence-electron chi connectivity index (χ0n) is 14.2. The second-order valence-electron chi connectivity index (χ2n) is 5.52. The number of hydrogen-bond acceptors (Lipinski definition) is 4. The molecule has 0 radical (unpaired) electrons. The lowest BCUT2D eigenvalue weighted by molar-refractivity contribution is -0.120. The fourth-order valence-corrected chi connectivity index (χ4v) is 2.23. The molecule has 2 amide bonds. The van der Waals surface area contributed by atoms with Crippen molar-refractivity contribution in [2.45, 2.75) is 20.8 Å². The number of furan rings is 1. The molecule has 132 valence electrons. The predicted molar refractivity (Wildman–Crippen MR) is 99.2 cm³/mol. The van der Waals surface area contributed by atoms with Crippen LogP contribution in [0.1, 0.15) is 27.2 Å². The topological polar surface area (TPSA) is 95.4 Å². The van der Waals surface area contributed by atoms with Gasteiger partial charge in [0.15, 0.2) is 5.11 Å². The second kappa shape index (κ2) is 8.29. The third kappa shape index (κ3) is 5.32. The van der Waals surface area contributed by atoms with Gasteiger partial charge in [-0.1, -0.05) is 12.1 Å². The van der Waals surface area contributed by atoms with Crippen molar-refractivity contribution in [2.75, 3.05) is 11.9 Å². The molecule has 0 fully saturated rings. The minimum absolute atomic E-state index is 0.192. The molecular formula is C17H20N4O3S. The van der Waals surface area contributed by atoms with Gasteiger partial charge in [0.1, 0.15) is 5.76 Å². The standard InChI is InChI=1S/C17H20N4O3S/c1-10-4-5-11(2)14(8-10)19-17(25)21-20-15(22)9-18-16(23)13-6-7-24-12(13)3/h4-8H,9H2,1-3H3,(H,18,23)(H,20,22)(H2,19,21,25). The van der Waals surface area contributed by atoms with Crippen molar-refractivity contribution in [2.24, 2.45) is 0 Å². The van der Waals surface area contributed by atoms with Crippen molar-refractivity contribution in [3.8, 4) is 0 Å². The van der Waals surface area contributed by atoms with E-state index >= 15 is 0 Å². The van der Waals surface area contributed by atoms with Gasteiger partial charge in [0, 0.05) is 5.69 Å². The molecule has 0 saturated heterocycles. The van der Waals surface area contributed by atoms with Crippen molar-refractivity contribution >= 4 is 34.8 Å². The summed E-state index contributed by atoms with van der Waals surface area (Å²) < 4.78 is 5.05. The van der Waals surface area contributed by atoms with E-state index < -0.39 is 5.91 Å². The number of nitrogens with one attached hydrogen (secondary N) is 4. The number of amides is 2. The summed E-state index contributed by atoms with van der Waals surface area (Å²) in [6.45, 7) is 5.42. The summed E-state index contributed by atoms with van der Waals surface area (Å²) in [5, 5.41) is 5.76. The number of benzene rings is 1. The third-order valence-corrected chi connectivity index (χ3v) is 3.67. The monoisotopic (exact) mass is 360 g/mol. The van der Waals surface area contributed by atoms with Crippen LogP contribution in [-0.4, -0.2) is 23.5 Å². The van der Waals surface area contributed by atoms with Crippen LogP contribution >= 0.6 is 12.2 Å². The second-order valence-corrected chi connectivity index (χ2v) is 5.93. The van der Waals surface area contributed by atoms with Crippen LogP contribution in [0.25, 0.3) is 0 Å². The number of rotatable bonds is 4. The highest BCUT2D eigenvalue weighted by molar-refractivity contribution is 7.80. The van der Waals surface area contributed by atoms with Gasteiger partial charge in [0.05, 0.1) is 18.4 Å². The molecule has 1 heterocycles. The van der Waals surface area contributed by atoms with Gasteiger partial charge in [0.2, 0.25) is 0 Å². The molecular weight excluding hydrogens is 340 g/mol. The zero-order valence-corrected chi connectivity index (χ0v) is 15.0. The number of carbonyl (C=O) groups excluding carboxylic acids is 2. The van der Waals surface area contributed by atoms with Gasteiger partial charge in [-0.25, -0.2) is 0 Å². The van der Waals surface area contributed by atoms with Crippen LogP contribution in [0.4, 0.5) is 5.69 Å². The van der Waals surface area contributed by atoms with E-state index in [2.05, 4.69) is 21.5 Å². The van der Waals surface area contributed by atoms with Gasteiger partial charge in [0.25, 0.3) is 11.8 Å². The molecule has 1 aromatic heterocycles. The molecule has 0 aliphatic heterocycles. The molecule has 0 spiro atoms. The molecule has 2 rings (SSSR count). The van der Waals surface area contributed by atoms with Crippen molar-refractivity contribution < 1.29 is 14.0 Å². The molecule has 0 aliphatic carbocycles. The van der Waals surface area contributed by atoms with Crippen molar-refractivity contribution in [3.63, 3.8) is 0 Å². The first-order chi connectivity index (χ1) is 11.9. The van der Waals surface area contributed by atoms with Crippen LogP contribution in [-0.2, 0) is 4.79 Å². The quantitative estimate of drug-likeness (QED) is 0.492. The first-order valence-electron chi connectivity index (χ1n) is 7.62. The molecule has 0 aliphatic rings. The molecule has 2 aromatic rings. The van der Waals surface area contributed by atoms with E-state index in [-0.39, 0.29) is 17.6 Å². The van der Waals surface area contributed by atoms with Crippen LogP contribution in [0.15, 0.2) is 34.9 Å². The van der Waals surface area contributed by atoms with Gasteiger partial charge < -0.3 is 15.1 Å². The van der Waals surface area contributed by atoms with E-state index in [1.54, 1.807) is 13.0 Å². The van der Waals surface area contributed by atoms with Crippen LogP contribution in [0, 0.1) is 20.8 Å². The number of thiocarbonyl (C=S) groups is 1. The Hall–Kier alpha value is -2.87. The van der Waals surface area contributed by atoms with Gasteiger partial charge >= 0.3 is 0 Å². The maximum Gasteiger partial charge on any atom is 0.257 e. The number of aryl methyl sites for hydroxylation is 3. The van der Waals surface area contributed by atoms with E-state index in [0.717, 1.165) is 16.8 Å². The smallest absolute Gasteiger partial charge is 0.257 e. The average molecular weight is 360 g/mol. The Morgan fingerprint density at radius 1 is 1.12 bits per heavy atom. The number of hydrogen-bond donors (Lipinski definition) is 4. The van der Waals surface area contributed by atoms with E-state index in [4.69, 9.17) is 16.6 Å². The number of anilines is 1. The molecule has 0 atom stereocenters. The summed E-state index contributed by atoms with van der Waals surface area (Å²) in [5.74, 6) is -0.313. The summed E-state index contributed by atoms with van der Waals surface area (Å²) in [6.07, 6.45) is 1.42. The van der Waals surface area contributed by atoms with Crippen LogP contribution in [0.5, 0.6) is 0 Å². The highest BCUT2D eigenvalue weighted by atomic mass is 32.1. The molecule has 0 saturated carbocycles. The van der Waals surface area contributed by atoms with Crippen molar-refractivity contribution in [1.82, 2.24) is 16.2 Å². The lowest BCUT2D eigenvalue weighted by Gasteiger charge is -2.14. The third-order valence-electron chi connectivity index (χ3n) is 3.47. The molecule has 8 heteroatoms. The fourth-order valence-electron chi connectivity index (χ4n) is 2.07. The van der Waals surface area contributed by atoms with Gasteiger partial charge in [-0.15, -0.1) is 0 Å². The molecule has 25 heavy (non-hydrogen) atoms. The fraction of sp³-hybridized carbons (Fsp3) is 0.235. The summed E-state index contributed by atoms with van der Waals surface area (Å²) >= 11 is 5.14. The Labute approximate surface area is 151 Å². The summed E-state index contributed by atoms with van der Waals surface area (Å²) in [6, 6.07) is 7.48. The largest absolute Gasteiger partial charge is 0.469 e. The van der Waals surface area contributed by atoms with E-state index in [1.165, 1.54) is 6.26 Å². The maximum atomic E-state index is 11.9. The normalized spacial score (nSPS) is 10.0. The molecule has 7 nitrogen and oxygen atoms in total. The first kappa shape index (κ1) is 18.5. The van der Waals surface area contributed by atoms with Crippen LogP contribution < -0.4 is 21.5 Å². The van der Waals surface area contributed by atoms with Gasteiger partial charge in [-0.2, -0.15) is 0 Å².